The summed E-state index contributed by atoms with van der Waals surface area (Å²) in [5.41, 5.74) is 11.4. The van der Waals surface area contributed by atoms with Crippen molar-refractivity contribution in [3.8, 4) is 0 Å². The summed E-state index contributed by atoms with van der Waals surface area (Å²) in [6, 6.07) is 27.9. The van der Waals surface area contributed by atoms with Crippen molar-refractivity contribution < 1.29 is 9.59 Å². The first-order valence-electron chi connectivity index (χ1n) is 13.9. The first-order chi connectivity index (χ1) is 19.6. The van der Waals surface area contributed by atoms with Crippen LogP contribution in [0.3, 0.4) is 0 Å². The molecule has 5 rings (SSSR count). The van der Waals surface area contributed by atoms with E-state index in [-0.39, 0.29) is 11.8 Å². The minimum Gasteiger partial charge on any atom is -0.348 e. The third-order valence-electron chi connectivity index (χ3n) is 7.55. The van der Waals surface area contributed by atoms with Gasteiger partial charge in [0.25, 0.3) is 11.8 Å². The van der Waals surface area contributed by atoms with Crippen LogP contribution in [0.15, 0.2) is 90.3 Å². The number of benzene rings is 3. The quantitative estimate of drug-likeness (QED) is 0.231. The second-order valence-electron chi connectivity index (χ2n) is 10.4. The standard InChI is InChI=1S/C33H36N4O2S/c34-21-26-8-10-27(11-9-26)22-35-32(38)28-12-13-29(30(20-28)36-33(39)31-7-4-18-40-31)23-37-16-14-25(15-17-37)19-24-5-2-1-3-6-24/h1-13,18,20,25H,14-17,19,21-23,34H2,(H,35,38)(H,36,39). The van der Waals surface area contributed by atoms with E-state index in [4.69, 9.17) is 5.73 Å². The number of thiophene rings is 1. The number of carbonyl (C=O) groups is 2. The molecule has 4 N–H and O–H groups in total. The van der Waals surface area contributed by atoms with Gasteiger partial charge in [-0.3, -0.25) is 14.5 Å². The molecule has 0 radical (unpaired) electrons. The van der Waals surface area contributed by atoms with Gasteiger partial charge in [-0.05, 0) is 84.1 Å². The molecule has 2 heterocycles. The van der Waals surface area contributed by atoms with Crippen molar-refractivity contribution in [2.45, 2.75) is 38.9 Å². The molecule has 40 heavy (non-hydrogen) atoms. The lowest BCUT2D eigenvalue weighted by Crippen LogP contribution is -2.34. The topological polar surface area (TPSA) is 87.5 Å². The maximum atomic E-state index is 13.0. The molecule has 6 nitrogen and oxygen atoms in total. The van der Waals surface area contributed by atoms with Crippen LogP contribution in [0.2, 0.25) is 0 Å². The highest BCUT2D eigenvalue weighted by molar-refractivity contribution is 7.12. The summed E-state index contributed by atoms with van der Waals surface area (Å²) in [5.74, 6) is 0.354. The minimum atomic E-state index is -0.178. The predicted octanol–water partition coefficient (Wildman–Crippen LogP) is 5.84. The van der Waals surface area contributed by atoms with E-state index in [0.717, 1.165) is 55.6 Å². The fourth-order valence-corrected chi connectivity index (χ4v) is 5.80. The third kappa shape index (κ3) is 7.45. The highest BCUT2D eigenvalue weighted by atomic mass is 32.1. The predicted molar refractivity (Wildman–Crippen MR) is 162 cm³/mol. The van der Waals surface area contributed by atoms with Crippen molar-refractivity contribution >= 4 is 28.8 Å². The Bertz CT molecular complexity index is 1400. The van der Waals surface area contributed by atoms with Crippen LogP contribution < -0.4 is 16.4 Å². The van der Waals surface area contributed by atoms with Gasteiger partial charge in [-0.15, -0.1) is 11.3 Å². The molecule has 4 aromatic rings. The average molecular weight is 553 g/mol. The van der Waals surface area contributed by atoms with Gasteiger partial charge >= 0.3 is 0 Å². The number of hydrogen-bond acceptors (Lipinski definition) is 5. The van der Waals surface area contributed by atoms with E-state index in [1.165, 1.54) is 16.9 Å². The molecule has 0 saturated carbocycles. The summed E-state index contributed by atoms with van der Waals surface area (Å²) in [6.07, 6.45) is 3.43. The fourth-order valence-electron chi connectivity index (χ4n) is 5.18. The summed E-state index contributed by atoms with van der Waals surface area (Å²) in [6.45, 7) is 3.67. The first kappa shape index (κ1) is 27.8. The molecular formula is C33H36N4O2S. The van der Waals surface area contributed by atoms with Crippen LogP contribution in [0.4, 0.5) is 5.69 Å². The number of nitrogens with one attached hydrogen (secondary N) is 2. The number of carbonyl (C=O) groups excluding carboxylic acids is 2. The van der Waals surface area contributed by atoms with Gasteiger partial charge < -0.3 is 16.4 Å². The van der Waals surface area contributed by atoms with E-state index >= 15 is 0 Å². The molecule has 1 aliphatic rings. The van der Waals surface area contributed by atoms with Gasteiger partial charge in [-0.1, -0.05) is 66.7 Å². The Balaban J connectivity index is 1.25. The monoisotopic (exact) mass is 552 g/mol. The largest absolute Gasteiger partial charge is 0.348 e. The van der Waals surface area contributed by atoms with Gasteiger partial charge in [0.15, 0.2) is 0 Å². The second-order valence-corrected chi connectivity index (χ2v) is 11.4. The minimum absolute atomic E-state index is 0.157. The zero-order valence-electron chi connectivity index (χ0n) is 22.6. The number of hydrogen-bond donors (Lipinski definition) is 3. The highest BCUT2D eigenvalue weighted by Crippen LogP contribution is 2.26. The molecule has 1 aromatic heterocycles. The lowest BCUT2D eigenvalue weighted by atomic mass is 9.90. The molecule has 0 unspecified atom stereocenters. The van der Waals surface area contributed by atoms with Crippen LogP contribution in [0.5, 0.6) is 0 Å². The third-order valence-corrected chi connectivity index (χ3v) is 8.41. The van der Waals surface area contributed by atoms with E-state index in [9.17, 15) is 9.59 Å². The summed E-state index contributed by atoms with van der Waals surface area (Å²) >= 11 is 1.40. The summed E-state index contributed by atoms with van der Waals surface area (Å²) in [5, 5.41) is 7.96. The molecule has 0 spiro atoms. The normalized spacial score (nSPS) is 14.1. The smallest absolute Gasteiger partial charge is 0.265 e. The second kappa shape index (κ2) is 13.5. The maximum absolute atomic E-state index is 13.0. The van der Waals surface area contributed by atoms with Gasteiger partial charge in [-0.2, -0.15) is 0 Å². The number of likely N-dealkylation sites (tertiary alicyclic amines) is 1. The molecule has 1 fully saturated rings. The zero-order valence-corrected chi connectivity index (χ0v) is 23.5. The van der Waals surface area contributed by atoms with Gasteiger partial charge in [-0.25, -0.2) is 0 Å². The fraction of sp³-hybridized carbons (Fsp3) is 0.273. The Kier molecular flexibility index (Phi) is 9.39. The van der Waals surface area contributed by atoms with Crippen LogP contribution in [0, 0.1) is 5.92 Å². The van der Waals surface area contributed by atoms with Gasteiger partial charge in [0.1, 0.15) is 0 Å². The number of amides is 2. The number of nitrogens with two attached hydrogens (primary N) is 1. The van der Waals surface area contributed by atoms with Crippen molar-refractivity contribution in [2.24, 2.45) is 11.7 Å². The number of rotatable bonds is 10. The lowest BCUT2D eigenvalue weighted by molar-refractivity contribution is 0.0949. The summed E-state index contributed by atoms with van der Waals surface area (Å²) < 4.78 is 0. The molecule has 2 amide bonds. The molecular weight excluding hydrogens is 516 g/mol. The lowest BCUT2D eigenvalue weighted by Gasteiger charge is -2.32. The van der Waals surface area contributed by atoms with E-state index in [1.807, 2.05) is 53.9 Å². The molecule has 3 aromatic carbocycles. The van der Waals surface area contributed by atoms with E-state index in [1.54, 1.807) is 6.07 Å². The molecule has 0 atom stereocenters. The molecule has 206 valence electrons. The first-order valence-corrected chi connectivity index (χ1v) is 14.8. The maximum Gasteiger partial charge on any atom is 0.265 e. The number of anilines is 1. The van der Waals surface area contributed by atoms with Crippen molar-refractivity contribution in [3.05, 3.63) is 123 Å². The molecule has 1 saturated heterocycles. The van der Waals surface area contributed by atoms with E-state index in [2.05, 4.69) is 45.9 Å². The van der Waals surface area contributed by atoms with Gasteiger partial charge in [0.05, 0.1) is 4.88 Å². The zero-order chi connectivity index (χ0) is 27.7. The van der Waals surface area contributed by atoms with Crippen LogP contribution >= 0.6 is 11.3 Å². The van der Waals surface area contributed by atoms with Crippen molar-refractivity contribution in [1.82, 2.24) is 10.2 Å². The highest BCUT2D eigenvalue weighted by Gasteiger charge is 2.21. The van der Waals surface area contributed by atoms with Crippen LogP contribution in [0.25, 0.3) is 0 Å². The van der Waals surface area contributed by atoms with Gasteiger partial charge in [0, 0.05) is 30.9 Å². The number of nitrogens with zero attached hydrogens (tertiary/aromatic N) is 1. The Morgan fingerprint density at radius 2 is 1.60 bits per heavy atom. The van der Waals surface area contributed by atoms with Crippen molar-refractivity contribution in [2.75, 3.05) is 18.4 Å². The molecule has 0 aliphatic carbocycles. The Morgan fingerprint density at radius 3 is 2.30 bits per heavy atom. The summed E-state index contributed by atoms with van der Waals surface area (Å²) in [7, 11) is 0. The van der Waals surface area contributed by atoms with Crippen molar-refractivity contribution in [1.29, 1.82) is 0 Å². The van der Waals surface area contributed by atoms with E-state index < -0.39 is 0 Å². The Hall–Kier alpha value is -3.78. The molecule has 7 heteroatoms. The Labute approximate surface area is 240 Å². The average Bonchev–Trinajstić information content (AvgIpc) is 3.54. The number of piperidine rings is 1. The van der Waals surface area contributed by atoms with Gasteiger partial charge in [0.2, 0.25) is 0 Å². The van der Waals surface area contributed by atoms with E-state index in [0.29, 0.717) is 35.1 Å². The molecule has 1 aliphatic heterocycles. The van der Waals surface area contributed by atoms with Crippen LogP contribution in [-0.4, -0.2) is 29.8 Å². The summed E-state index contributed by atoms with van der Waals surface area (Å²) in [4.78, 5) is 29.1. The Morgan fingerprint density at radius 1 is 0.850 bits per heavy atom. The van der Waals surface area contributed by atoms with Crippen LogP contribution in [0.1, 0.15) is 55.1 Å². The SMILES string of the molecule is NCc1ccc(CNC(=O)c2ccc(CN3CCC(Cc4ccccc4)CC3)c(NC(=O)c3cccs3)c2)cc1. The van der Waals surface area contributed by atoms with Crippen molar-refractivity contribution in [3.63, 3.8) is 0 Å². The van der Waals surface area contributed by atoms with Crippen LogP contribution in [-0.2, 0) is 26.1 Å². The molecule has 0 bridgehead atoms.